The maximum atomic E-state index is 11.0. The van der Waals surface area contributed by atoms with Gasteiger partial charge in [-0.3, -0.25) is 5.21 Å². The van der Waals surface area contributed by atoms with Gasteiger partial charge in [0.05, 0.1) is 12.3 Å². The fourth-order valence-corrected chi connectivity index (χ4v) is 2.00. The van der Waals surface area contributed by atoms with E-state index in [1.54, 1.807) is 19.1 Å². The molecule has 0 aliphatic carbocycles. The fourth-order valence-electron chi connectivity index (χ4n) is 2.00. The van der Waals surface area contributed by atoms with E-state index < -0.39 is 24.5 Å². The van der Waals surface area contributed by atoms with Crippen LogP contribution in [0.4, 0.5) is 11.4 Å². The van der Waals surface area contributed by atoms with Crippen molar-refractivity contribution in [3.05, 3.63) is 29.0 Å². The number of nitrogens with zero attached hydrogens (tertiary/aromatic N) is 1. The molecule has 4 atom stereocenters. The Hall–Kier alpha value is -1.42. The van der Waals surface area contributed by atoms with Crippen LogP contribution in [0.5, 0.6) is 0 Å². The summed E-state index contributed by atoms with van der Waals surface area (Å²) in [5.74, 6) is 0. The summed E-state index contributed by atoms with van der Waals surface area (Å²) in [5.41, 5.74) is 1.06. The van der Waals surface area contributed by atoms with Gasteiger partial charge in [-0.1, -0.05) is 6.07 Å². The summed E-state index contributed by atoms with van der Waals surface area (Å²) < 4.78 is 5.18. The molecular weight excluding hydrogens is 268 g/mol. The number of nitrogens with one attached hydrogen (secondary N) is 1. The van der Waals surface area contributed by atoms with Crippen molar-refractivity contribution in [2.75, 3.05) is 17.2 Å². The van der Waals surface area contributed by atoms with Gasteiger partial charge in [0.1, 0.15) is 18.3 Å². The van der Waals surface area contributed by atoms with Gasteiger partial charge in [-0.05, 0) is 24.6 Å². The van der Waals surface area contributed by atoms with Crippen LogP contribution in [-0.4, -0.2) is 51.7 Å². The minimum Gasteiger partial charge on any atom is -0.733 e. The molecule has 0 spiro atoms. The molecule has 1 aliphatic heterocycles. The van der Waals surface area contributed by atoms with E-state index in [2.05, 4.69) is 5.32 Å². The van der Waals surface area contributed by atoms with Gasteiger partial charge >= 0.3 is 0 Å². The zero-order valence-electron chi connectivity index (χ0n) is 10.8. The van der Waals surface area contributed by atoms with Gasteiger partial charge in [-0.2, -0.15) is 0 Å². The topological polar surface area (TPSA) is 128 Å². The molecule has 1 aromatic rings. The first-order valence-electron chi connectivity index (χ1n) is 6.09. The molecule has 8 heteroatoms. The van der Waals surface area contributed by atoms with Gasteiger partial charge in [0.2, 0.25) is 0 Å². The molecule has 8 nitrogen and oxygen atoms in total. The van der Waals surface area contributed by atoms with E-state index in [4.69, 9.17) is 9.94 Å². The largest absolute Gasteiger partial charge is 0.733 e. The smallest absolute Gasteiger partial charge is 0.156 e. The molecule has 1 saturated heterocycles. The summed E-state index contributed by atoms with van der Waals surface area (Å²) in [6.07, 6.45) is -4.71. The van der Waals surface area contributed by atoms with E-state index in [0.717, 1.165) is 0 Å². The van der Waals surface area contributed by atoms with Crippen molar-refractivity contribution in [2.45, 2.75) is 31.5 Å². The summed E-state index contributed by atoms with van der Waals surface area (Å²) in [6.45, 7) is 1.54. The first-order valence-corrected chi connectivity index (χ1v) is 6.09. The van der Waals surface area contributed by atoms with E-state index in [9.17, 15) is 20.5 Å². The number of hydrogen-bond donors (Lipinski definition) is 5. The highest BCUT2D eigenvalue weighted by atomic mass is 16.8. The summed E-state index contributed by atoms with van der Waals surface area (Å²) in [7, 11) is 0. The van der Waals surface area contributed by atoms with Crippen molar-refractivity contribution >= 4 is 11.4 Å². The van der Waals surface area contributed by atoms with Crippen LogP contribution in [0.15, 0.2) is 18.2 Å². The average Bonchev–Trinajstić information content (AvgIpc) is 2.41. The van der Waals surface area contributed by atoms with Gasteiger partial charge < -0.3 is 35.8 Å². The number of aliphatic hydroxyl groups excluding tert-OH is 3. The lowest BCUT2D eigenvalue weighted by molar-refractivity contribution is -0.178. The molecule has 1 aromatic carbocycles. The van der Waals surface area contributed by atoms with Crippen LogP contribution in [0.3, 0.4) is 0 Å². The van der Waals surface area contributed by atoms with Crippen molar-refractivity contribution < 1.29 is 25.3 Å². The lowest BCUT2D eigenvalue weighted by Crippen LogP contribution is -2.55. The Morgan fingerprint density at radius 3 is 2.65 bits per heavy atom. The predicted octanol–water partition coefficient (Wildman–Crippen LogP) is -0.461. The van der Waals surface area contributed by atoms with Crippen molar-refractivity contribution in [3.63, 3.8) is 0 Å². The summed E-state index contributed by atoms with van der Waals surface area (Å²) in [4.78, 5) is 0. The molecule has 0 bridgehead atoms. The molecule has 1 fully saturated rings. The lowest BCUT2D eigenvalue weighted by Gasteiger charge is -2.36. The number of anilines is 2. The molecule has 1 aliphatic rings. The number of benzene rings is 1. The molecule has 20 heavy (non-hydrogen) atoms. The van der Waals surface area contributed by atoms with Crippen LogP contribution in [0.25, 0.3) is 0 Å². The Morgan fingerprint density at radius 1 is 1.30 bits per heavy atom. The number of rotatable bonds is 3. The summed E-state index contributed by atoms with van der Waals surface area (Å²) >= 11 is 0. The summed E-state index contributed by atoms with van der Waals surface area (Å²) in [5, 5.41) is 51.1. The monoisotopic (exact) mass is 285 g/mol. The van der Waals surface area contributed by atoms with Gasteiger partial charge in [-0.25, -0.2) is 0 Å². The van der Waals surface area contributed by atoms with Crippen LogP contribution in [0, 0.1) is 12.1 Å². The standard InChI is InChI=1S/C12H17N2O6/c1-6-2-3-7(4-8(6)14(18)19)13-12-11(17)10(16)9(15)5-20-12/h2-4,9-13,15-18H,5H2,1H3/q-1/t9-,10-,11-,12-/m1/s1. The third-order valence-corrected chi connectivity index (χ3v) is 3.23. The quantitative estimate of drug-likeness (QED) is 0.472. The molecule has 2 rings (SSSR count). The van der Waals surface area contributed by atoms with Crippen LogP contribution >= 0.6 is 0 Å². The third-order valence-electron chi connectivity index (χ3n) is 3.23. The fraction of sp³-hybridized carbons (Fsp3) is 0.500. The van der Waals surface area contributed by atoms with Crippen LogP contribution in [-0.2, 0) is 4.74 Å². The second-order valence-corrected chi connectivity index (χ2v) is 4.72. The molecule has 0 radical (unpaired) electrons. The first kappa shape index (κ1) is 15.0. The van der Waals surface area contributed by atoms with E-state index >= 15 is 0 Å². The molecular formula is C12H17N2O6-. The maximum Gasteiger partial charge on any atom is 0.156 e. The maximum absolute atomic E-state index is 11.0. The number of aliphatic hydroxyl groups is 3. The van der Waals surface area contributed by atoms with E-state index in [-0.39, 0.29) is 17.5 Å². The molecule has 112 valence electrons. The van der Waals surface area contributed by atoms with Crippen molar-refractivity contribution in [3.8, 4) is 0 Å². The number of aryl methyl sites for hydroxylation is 1. The Morgan fingerprint density at radius 2 is 2.00 bits per heavy atom. The number of hydrogen-bond acceptors (Lipinski definition) is 8. The SMILES string of the molecule is Cc1ccc(N[C@@H]2OC[C@@H](O)[C@@H](O)[C@H]2O)cc1N([O-])O. The Labute approximate surface area is 115 Å². The summed E-state index contributed by atoms with van der Waals surface area (Å²) in [6, 6.07) is 4.63. The Kier molecular flexibility index (Phi) is 4.43. The predicted molar refractivity (Wildman–Crippen MR) is 70.2 cm³/mol. The highest BCUT2D eigenvalue weighted by molar-refractivity contribution is 5.61. The highest BCUT2D eigenvalue weighted by Crippen LogP contribution is 2.25. The second kappa shape index (κ2) is 5.92. The van der Waals surface area contributed by atoms with E-state index in [1.807, 2.05) is 0 Å². The van der Waals surface area contributed by atoms with Gasteiger partial charge in [0, 0.05) is 5.69 Å². The Balaban J connectivity index is 2.12. The van der Waals surface area contributed by atoms with Crippen LogP contribution in [0.2, 0.25) is 0 Å². The van der Waals surface area contributed by atoms with Crippen LogP contribution in [0.1, 0.15) is 5.56 Å². The zero-order chi connectivity index (χ0) is 14.9. The molecule has 1 heterocycles. The second-order valence-electron chi connectivity index (χ2n) is 4.72. The van der Waals surface area contributed by atoms with Gasteiger partial charge in [0.15, 0.2) is 6.23 Å². The normalized spacial score (nSPS) is 30.1. The third kappa shape index (κ3) is 3.01. The van der Waals surface area contributed by atoms with E-state index in [1.165, 1.54) is 6.07 Å². The van der Waals surface area contributed by atoms with E-state index in [0.29, 0.717) is 11.3 Å². The minimum absolute atomic E-state index is 0.0564. The van der Waals surface area contributed by atoms with Crippen molar-refractivity contribution in [1.29, 1.82) is 0 Å². The van der Waals surface area contributed by atoms with Gasteiger partial charge in [0.25, 0.3) is 0 Å². The molecule has 5 N–H and O–H groups in total. The van der Waals surface area contributed by atoms with Crippen LogP contribution < -0.4 is 10.5 Å². The highest BCUT2D eigenvalue weighted by Gasteiger charge is 2.37. The molecule has 0 saturated carbocycles. The van der Waals surface area contributed by atoms with Crippen molar-refractivity contribution in [1.82, 2.24) is 0 Å². The zero-order valence-corrected chi connectivity index (χ0v) is 10.8. The first-order chi connectivity index (χ1) is 9.40. The van der Waals surface area contributed by atoms with Gasteiger partial charge in [-0.15, -0.1) is 0 Å². The Bertz CT molecular complexity index is 469. The minimum atomic E-state index is -1.32. The average molecular weight is 285 g/mol. The molecule has 0 aromatic heterocycles. The number of ether oxygens (including phenoxy) is 1. The molecule has 0 amide bonds. The molecule has 0 unspecified atom stereocenters. The lowest BCUT2D eigenvalue weighted by atomic mass is 10.0. The van der Waals surface area contributed by atoms with Crippen molar-refractivity contribution in [2.24, 2.45) is 0 Å².